The van der Waals surface area contributed by atoms with E-state index < -0.39 is 0 Å². The lowest BCUT2D eigenvalue weighted by Crippen LogP contribution is -2.37. The Morgan fingerprint density at radius 1 is 1.22 bits per heavy atom. The lowest BCUT2D eigenvalue weighted by atomic mass is 10.1. The van der Waals surface area contributed by atoms with Crippen LogP contribution >= 0.6 is 0 Å². The van der Waals surface area contributed by atoms with Gasteiger partial charge in [0.25, 0.3) is 0 Å². The van der Waals surface area contributed by atoms with E-state index >= 15 is 0 Å². The van der Waals surface area contributed by atoms with Crippen LogP contribution in [0.1, 0.15) is 23.2 Å². The van der Waals surface area contributed by atoms with E-state index in [0.717, 1.165) is 5.75 Å². The monoisotopic (exact) mass is 247 g/mol. The van der Waals surface area contributed by atoms with Crippen molar-refractivity contribution < 1.29 is 14.3 Å². The Morgan fingerprint density at radius 3 is 2.39 bits per heavy atom. The van der Waals surface area contributed by atoms with Gasteiger partial charge in [-0.05, 0) is 24.3 Å². The van der Waals surface area contributed by atoms with Crippen molar-refractivity contribution in [1.82, 2.24) is 4.90 Å². The highest BCUT2D eigenvalue weighted by Crippen LogP contribution is 2.13. The number of ketones is 2. The van der Waals surface area contributed by atoms with Gasteiger partial charge < -0.3 is 4.74 Å². The summed E-state index contributed by atoms with van der Waals surface area (Å²) in [4.78, 5) is 25.2. The van der Waals surface area contributed by atoms with Gasteiger partial charge in [-0.25, -0.2) is 0 Å². The van der Waals surface area contributed by atoms with Crippen LogP contribution in [-0.4, -0.2) is 43.2 Å². The van der Waals surface area contributed by atoms with Crippen molar-refractivity contribution in [2.45, 2.75) is 12.8 Å². The average Bonchev–Trinajstić information content (AvgIpc) is 2.41. The molecular weight excluding hydrogens is 230 g/mol. The highest BCUT2D eigenvalue weighted by molar-refractivity contribution is 5.97. The van der Waals surface area contributed by atoms with Gasteiger partial charge in [0.2, 0.25) is 0 Å². The van der Waals surface area contributed by atoms with E-state index in [9.17, 15) is 9.59 Å². The molecule has 0 amide bonds. The van der Waals surface area contributed by atoms with Crippen molar-refractivity contribution >= 4 is 11.6 Å². The Kier molecular flexibility index (Phi) is 4.10. The van der Waals surface area contributed by atoms with Gasteiger partial charge in [0.1, 0.15) is 11.5 Å². The molecule has 18 heavy (non-hydrogen) atoms. The molecule has 0 saturated carbocycles. The first kappa shape index (κ1) is 12.8. The summed E-state index contributed by atoms with van der Waals surface area (Å²) in [7, 11) is 1.60. The predicted octanol–water partition coefficient (Wildman–Crippen LogP) is 1.54. The largest absolute Gasteiger partial charge is 0.497 e. The maximum Gasteiger partial charge on any atom is 0.176 e. The van der Waals surface area contributed by atoms with Crippen LogP contribution < -0.4 is 4.74 Å². The van der Waals surface area contributed by atoms with Crippen LogP contribution in [0.25, 0.3) is 0 Å². The van der Waals surface area contributed by atoms with E-state index in [1.54, 1.807) is 31.4 Å². The molecule has 1 heterocycles. The first-order chi connectivity index (χ1) is 8.69. The Labute approximate surface area is 107 Å². The second-order valence-electron chi connectivity index (χ2n) is 4.47. The number of likely N-dealkylation sites (tertiary alicyclic amines) is 1. The number of methoxy groups -OCH3 is 1. The quantitative estimate of drug-likeness (QED) is 0.757. The summed E-state index contributed by atoms with van der Waals surface area (Å²) in [6.07, 6.45) is 1.13. The highest BCUT2D eigenvalue weighted by Gasteiger charge is 2.18. The summed E-state index contributed by atoms with van der Waals surface area (Å²) in [5, 5.41) is 0. The molecule has 1 aromatic rings. The minimum Gasteiger partial charge on any atom is -0.497 e. The zero-order valence-corrected chi connectivity index (χ0v) is 10.5. The minimum absolute atomic E-state index is 0.0898. The number of Topliss-reactive ketones (excluding diaryl/α,β-unsaturated/α-hetero) is 2. The first-order valence-corrected chi connectivity index (χ1v) is 6.10. The molecule has 0 bridgehead atoms. The summed E-state index contributed by atoms with van der Waals surface area (Å²) in [6, 6.07) is 7.12. The first-order valence-electron chi connectivity index (χ1n) is 6.10. The van der Waals surface area contributed by atoms with Crippen LogP contribution in [0.15, 0.2) is 24.3 Å². The van der Waals surface area contributed by atoms with Crippen LogP contribution in [-0.2, 0) is 4.79 Å². The van der Waals surface area contributed by atoms with Crippen LogP contribution in [0, 0.1) is 0 Å². The molecule has 0 spiro atoms. The zero-order valence-electron chi connectivity index (χ0n) is 10.5. The second kappa shape index (κ2) is 5.78. The standard InChI is InChI=1S/C14H17NO3/c1-18-13-4-2-11(3-5-13)14(17)10-15-8-6-12(16)7-9-15/h2-5H,6-10H2,1H3. The van der Waals surface area contributed by atoms with E-state index in [4.69, 9.17) is 4.74 Å². The van der Waals surface area contributed by atoms with E-state index in [0.29, 0.717) is 43.8 Å². The number of benzene rings is 1. The fraction of sp³-hybridized carbons (Fsp3) is 0.429. The SMILES string of the molecule is COc1ccc(C(=O)CN2CCC(=O)CC2)cc1. The van der Waals surface area contributed by atoms with Crippen molar-refractivity contribution in [3.63, 3.8) is 0 Å². The highest BCUT2D eigenvalue weighted by atomic mass is 16.5. The maximum atomic E-state index is 12.0. The smallest absolute Gasteiger partial charge is 0.176 e. The topological polar surface area (TPSA) is 46.6 Å². The Morgan fingerprint density at radius 2 is 1.83 bits per heavy atom. The molecule has 0 radical (unpaired) electrons. The van der Waals surface area contributed by atoms with Crippen LogP contribution in [0.5, 0.6) is 5.75 Å². The van der Waals surface area contributed by atoms with Gasteiger partial charge in [-0.2, -0.15) is 0 Å². The van der Waals surface area contributed by atoms with Crippen LogP contribution in [0.4, 0.5) is 0 Å². The summed E-state index contributed by atoms with van der Waals surface area (Å²) in [6.45, 7) is 1.78. The van der Waals surface area contributed by atoms with Crippen molar-refractivity contribution in [3.05, 3.63) is 29.8 Å². The van der Waals surface area contributed by atoms with Gasteiger partial charge in [-0.3, -0.25) is 14.5 Å². The fourth-order valence-corrected chi connectivity index (χ4v) is 2.03. The number of hydrogen-bond donors (Lipinski definition) is 0. The zero-order chi connectivity index (χ0) is 13.0. The van der Waals surface area contributed by atoms with Crippen LogP contribution in [0.2, 0.25) is 0 Å². The molecule has 4 heteroatoms. The molecule has 4 nitrogen and oxygen atoms in total. The van der Waals surface area contributed by atoms with Crippen molar-refractivity contribution in [1.29, 1.82) is 0 Å². The molecule has 1 aliphatic rings. The van der Waals surface area contributed by atoms with Gasteiger partial charge in [0, 0.05) is 31.5 Å². The number of carbonyl (C=O) groups excluding carboxylic acids is 2. The van der Waals surface area contributed by atoms with E-state index in [1.807, 2.05) is 4.90 Å². The van der Waals surface area contributed by atoms with Gasteiger partial charge >= 0.3 is 0 Å². The molecule has 2 rings (SSSR count). The van der Waals surface area contributed by atoms with E-state index in [1.165, 1.54) is 0 Å². The summed E-state index contributed by atoms with van der Waals surface area (Å²) in [5.41, 5.74) is 0.688. The Balaban J connectivity index is 1.92. The fourth-order valence-electron chi connectivity index (χ4n) is 2.03. The second-order valence-corrected chi connectivity index (χ2v) is 4.47. The number of carbonyl (C=O) groups is 2. The van der Waals surface area contributed by atoms with Gasteiger partial charge in [-0.15, -0.1) is 0 Å². The third kappa shape index (κ3) is 3.17. The van der Waals surface area contributed by atoms with Crippen molar-refractivity contribution in [2.24, 2.45) is 0 Å². The maximum absolute atomic E-state index is 12.0. The van der Waals surface area contributed by atoms with Gasteiger partial charge in [0.05, 0.1) is 13.7 Å². The summed E-state index contributed by atoms with van der Waals surface area (Å²) in [5.74, 6) is 1.13. The molecule has 0 N–H and O–H groups in total. The van der Waals surface area contributed by atoms with Gasteiger partial charge in [0.15, 0.2) is 5.78 Å². The Hall–Kier alpha value is -1.68. The van der Waals surface area contributed by atoms with Crippen LogP contribution in [0.3, 0.4) is 0 Å². The third-order valence-corrected chi connectivity index (χ3v) is 3.19. The molecule has 96 valence electrons. The Bertz CT molecular complexity index is 429. The normalized spacial score (nSPS) is 16.6. The van der Waals surface area contributed by atoms with Gasteiger partial charge in [-0.1, -0.05) is 0 Å². The average molecular weight is 247 g/mol. The predicted molar refractivity (Wildman–Crippen MR) is 68.0 cm³/mol. The molecule has 0 aromatic heterocycles. The molecule has 0 aliphatic carbocycles. The molecule has 1 aliphatic heterocycles. The molecule has 1 fully saturated rings. The molecule has 0 atom stereocenters. The van der Waals surface area contributed by atoms with Crippen molar-refractivity contribution in [3.8, 4) is 5.75 Å². The number of ether oxygens (including phenoxy) is 1. The molecule has 1 aromatic carbocycles. The third-order valence-electron chi connectivity index (χ3n) is 3.19. The number of piperidine rings is 1. The minimum atomic E-state index is 0.0898. The lowest BCUT2D eigenvalue weighted by molar-refractivity contribution is -0.121. The number of hydrogen-bond acceptors (Lipinski definition) is 4. The lowest BCUT2D eigenvalue weighted by Gasteiger charge is -2.24. The molecule has 0 unspecified atom stereocenters. The summed E-state index contributed by atoms with van der Waals surface area (Å²) < 4.78 is 5.05. The van der Waals surface area contributed by atoms with E-state index in [2.05, 4.69) is 0 Å². The number of nitrogens with zero attached hydrogens (tertiary/aromatic N) is 1. The molecular formula is C14H17NO3. The van der Waals surface area contributed by atoms with Crippen molar-refractivity contribution in [2.75, 3.05) is 26.7 Å². The molecule has 1 saturated heterocycles. The summed E-state index contributed by atoms with van der Waals surface area (Å²) >= 11 is 0. The van der Waals surface area contributed by atoms with E-state index in [-0.39, 0.29) is 5.78 Å². The number of rotatable bonds is 4.